The number of para-hydroxylation sites is 1. The summed E-state index contributed by atoms with van der Waals surface area (Å²) < 4.78 is 0. The molecule has 122 valence electrons. The van der Waals surface area contributed by atoms with E-state index in [0.717, 1.165) is 5.56 Å². The predicted molar refractivity (Wildman–Crippen MR) is 95.7 cm³/mol. The Hall–Kier alpha value is -3.50. The van der Waals surface area contributed by atoms with Gasteiger partial charge in [-0.05, 0) is 6.07 Å². The summed E-state index contributed by atoms with van der Waals surface area (Å²) in [5, 5.41) is 31.8. The van der Waals surface area contributed by atoms with Crippen molar-refractivity contribution < 1.29 is 10.0 Å². The Balaban J connectivity index is 2.09. The normalized spacial score (nSPS) is 11.5. The summed E-state index contributed by atoms with van der Waals surface area (Å²) in [5.41, 5.74) is 0.562. The highest BCUT2D eigenvalue weighted by Crippen LogP contribution is 2.34. The van der Waals surface area contributed by atoms with Gasteiger partial charge in [-0.25, -0.2) is 4.98 Å². The summed E-state index contributed by atoms with van der Waals surface area (Å²) in [6.45, 7) is 0. The van der Waals surface area contributed by atoms with E-state index in [0.29, 0.717) is 9.88 Å². The molecule has 1 N–H and O–H groups in total. The summed E-state index contributed by atoms with van der Waals surface area (Å²) in [7, 11) is 0. The number of nitro benzene ring substituents is 1. The molecule has 0 saturated carbocycles. The molecule has 0 spiro atoms. The molecule has 0 fully saturated rings. The SMILES string of the molecule is N#CC(=C(O)c1cnc(-c2ccccc2)s1)c1ccccc1[N+](=O)[O-]. The monoisotopic (exact) mass is 349 g/mol. The van der Waals surface area contributed by atoms with Crippen LogP contribution >= 0.6 is 11.3 Å². The lowest BCUT2D eigenvalue weighted by Crippen LogP contribution is -1.96. The van der Waals surface area contributed by atoms with Gasteiger partial charge in [-0.1, -0.05) is 42.5 Å². The zero-order chi connectivity index (χ0) is 17.8. The number of thiazole rings is 1. The number of aliphatic hydroxyl groups excluding tert-OH is 1. The fourth-order valence-corrected chi connectivity index (χ4v) is 3.18. The van der Waals surface area contributed by atoms with Crippen molar-refractivity contribution in [1.29, 1.82) is 5.26 Å². The van der Waals surface area contributed by atoms with E-state index in [-0.39, 0.29) is 22.6 Å². The summed E-state index contributed by atoms with van der Waals surface area (Å²) in [5.74, 6) is -0.323. The molecule has 6 nitrogen and oxygen atoms in total. The third kappa shape index (κ3) is 3.24. The van der Waals surface area contributed by atoms with Crippen LogP contribution in [0.15, 0.2) is 60.8 Å². The van der Waals surface area contributed by atoms with Gasteiger partial charge in [0.1, 0.15) is 16.6 Å². The van der Waals surface area contributed by atoms with Crippen LogP contribution in [0.4, 0.5) is 5.69 Å². The van der Waals surface area contributed by atoms with E-state index in [4.69, 9.17) is 0 Å². The van der Waals surface area contributed by atoms with E-state index in [9.17, 15) is 20.5 Å². The number of allylic oxidation sites excluding steroid dienone is 1. The highest BCUT2D eigenvalue weighted by molar-refractivity contribution is 7.16. The Bertz CT molecular complexity index is 1000. The number of aliphatic hydroxyl groups is 1. The Kier molecular flexibility index (Phi) is 4.55. The Morgan fingerprint density at radius 3 is 2.52 bits per heavy atom. The third-order valence-electron chi connectivity index (χ3n) is 3.48. The molecule has 0 amide bonds. The van der Waals surface area contributed by atoms with E-state index in [1.807, 2.05) is 36.4 Å². The fraction of sp³-hybridized carbons (Fsp3) is 0. The van der Waals surface area contributed by atoms with Crippen LogP contribution in [-0.2, 0) is 0 Å². The molecular formula is C18H11N3O3S. The second-order valence-electron chi connectivity index (χ2n) is 5.01. The Labute approximate surface area is 147 Å². The van der Waals surface area contributed by atoms with Crippen molar-refractivity contribution in [3.63, 3.8) is 0 Å². The van der Waals surface area contributed by atoms with Gasteiger partial charge in [0.15, 0.2) is 5.76 Å². The molecule has 3 aromatic rings. The van der Waals surface area contributed by atoms with Gasteiger partial charge in [0, 0.05) is 17.8 Å². The first kappa shape index (κ1) is 16.4. The Morgan fingerprint density at radius 2 is 1.84 bits per heavy atom. The first-order chi connectivity index (χ1) is 12.1. The summed E-state index contributed by atoms with van der Waals surface area (Å²) in [4.78, 5) is 15.2. The van der Waals surface area contributed by atoms with Gasteiger partial charge in [0.2, 0.25) is 0 Å². The minimum atomic E-state index is -0.581. The van der Waals surface area contributed by atoms with E-state index in [1.165, 1.54) is 35.7 Å². The van der Waals surface area contributed by atoms with Gasteiger partial charge in [0.05, 0.1) is 15.4 Å². The highest BCUT2D eigenvalue weighted by Gasteiger charge is 2.21. The molecule has 0 aliphatic heterocycles. The second kappa shape index (κ2) is 6.95. The first-order valence-corrected chi connectivity index (χ1v) is 8.02. The number of aromatic nitrogens is 1. The number of hydrogen-bond donors (Lipinski definition) is 1. The van der Waals surface area contributed by atoms with Crippen molar-refractivity contribution >= 4 is 28.4 Å². The number of nitro groups is 1. The average Bonchev–Trinajstić information content (AvgIpc) is 3.13. The molecule has 1 aromatic heterocycles. The zero-order valence-corrected chi connectivity index (χ0v) is 13.6. The molecule has 0 radical (unpaired) electrons. The van der Waals surface area contributed by atoms with Crippen LogP contribution in [0, 0.1) is 21.4 Å². The number of benzene rings is 2. The number of rotatable bonds is 4. The van der Waals surface area contributed by atoms with Crippen LogP contribution in [-0.4, -0.2) is 15.0 Å². The van der Waals surface area contributed by atoms with Crippen LogP contribution in [0.25, 0.3) is 21.9 Å². The number of hydrogen-bond acceptors (Lipinski definition) is 6. The fourth-order valence-electron chi connectivity index (χ4n) is 2.31. The van der Waals surface area contributed by atoms with Crippen LogP contribution in [0.2, 0.25) is 0 Å². The standard InChI is InChI=1S/C18H11N3O3S/c19-10-14(13-8-4-5-9-15(13)21(23)24)17(22)16-11-20-18(25-16)12-6-2-1-3-7-12/h1-9,11,22H. The molecule has 7 heteroatoms. The quantitative estimate of drug-likeness (QED) is 0.319. The van der Waals surface area contributed by atoms with Gasteiger partial charge < -0.3 is 5.11 Å². The van der Waals surface area contributed by atoms with Crippen molar-refractivity contribution in [1.82, 2.24) is 4.98 Å². The van der Waals surface area contributed by atoms with E-state index in [1.54, 1.807) is 6.07 Å². The van der Waals surface area contributed by atoms with Crippen molar-refractivity contribution in [3.8, 4) is 16.6 Å². The van der Waals surface area contributed by atoms with Gasteiger partial charge >= 0.3 is 0 Å². The smallest absolute Gasteiger partial charge is 0.278 e. The van der Waals surface area contributed by atoms with Gasteiger partial charge in [-0.3, -0.25) is 10.1 Å². The molecule has 0 saturated heterocycles. The van der Waals surface area contributed by atoms with Crippen molar-refractivity contribution in [3.05, 3.63) is 81.3 Å². The van der Waals surface area contributed by atoms with Crippen LogP contribution in [0.5, 0.6) is 0 Å². The molecule has 0 atom stereocenters. The molecular weight excluding hydrogens is 338 g/mol. The number of nitrogens with zero attached hydrogens (tertiary/aromatic N) is 3. The molecule has 0 bridgehead atoms. The summed E-state index contributed by atoms with van der Waals surface area (Å²) in [6.07, 6.45) is 1.45. The van der Waals surface area contributed by atoms with Crippen LogP contribution < -0.4 is 0 Å². The van der Waals surface area contributed by atoms with Crippen molar-refractivity contribution in [2.75, 3.05) is 0 Å². The predicted octanol–water partition coefficient (Wildman–Crippen LogP) is 4.67. The van der Waals surface area contributed by atoms with Crippen molar-refractivity contribution in [2.45, 2.75) is 0 Å². The molecule has 3 rings (SSSR count). The Morgan fingerprint density at radius 1 is 1.16 bits per heavy atom. The maximum absolute atomic E-state index is 11.2. The third-order valence-corrected chi connectivity index (χ3v) is 4.53. The summed E-state index contributed by atoms with van der Waals surface area (Å²) in [6, 6.07) is 17.1. The minimum Gasteiger partial charge on any atom is -0.505 e. The molecule has 1 heterocycles. The van der Waals surface area contributed by atoms with E-state index < -0.39 is 4.92 Å². The molecule has 25 heavy (non-hydrogen) atoms. The lowest BCUT2D eigenvalue weighted by molar-refractivity contribution is -0.385. The topological polar surface area (TPSA) is 100 Å². The van der Waals surface area contributed by atoms with E-state index in [2.05, 4.69) is 4.98 Å². The second-order valence-corrected chi connectivity index (χ2v) is 6.04. The van der Waals surface area contributed by atoms with Crippen LogP contribution in [0.1, 0.15) is 10.4 Å². The van der Waals surface area contributed by atoms with E-state index >= 15 is 0 Å². The molecule has 0 aliphatic carbocycles. The lowest BCUT2D eigenvalue weighted by atomic mass is 10.0. The maximum Gasteiger partial charge on any atom is 0.278 e. The van der Waals surface area contributed by atoms with Crippen LogP contribution in [0.3, 0.4) is 0 Å². The van der Waals surface area contributed by atoms with Gasteiger partial charge in [-0.15, -0.1) is 11.3 Å². The molecule has 0 unspecified atom stereocenters. The van der Waals surface area contributed by atoms with Gasteiger partial charge in [0.25, 0.3) is 5.69 Å². The molecule has 0 aliphatic rings. The van der Waals surface area contributed by atoms with Gasteiger partial charge in [-0.2, -0.15) is 5.26 Å². The maximum atomic E-state index is 11.2. The largest absolute Gasteiger partial charge is 0.505 e. The zero-order valence-electron chi connectivity index (χ0n) is 12.8. The van der Waals surface area contributed by atoms with Crippen molar-refractivity contribution in [2.24, 2.45) is 0 Å². The summed E-state index contributed by atoms with van der Waals surface area (Å²) >= 11 is 1.21. The minimum absolute atomic E-state index is 0.0714. The molecule has 2 aromatic carbocycles. The first-order valence-electron chi connectivity index (χ1n) is 7.20. The average molecular weight is 349 g/mol. The number of nitriles is 1. The highest BCUT2D eigenvalue weighted by atomic mass is 32.1. The lowest BCUT2D eigenvalue weighted by Gasteiger charge is -2.03.